The molecule has 2 aromatic heterocycles. The van der Waals surface area contributed by atoms with Gasteiger partial charge in [-0.2, -0.15) is 0 Å². The third-order valence-electron chi connectivity index (χ3n) is 10.00. The summed E-state index contributed by atoms with van der Waals surface area (Å²) in [7, 11) is 0. The monoisotopic (exact) mass is 668 g/mol. The van der Waals surface area contributed by atoms with E-state index in [9.17, 15) is 0 Å². The van der Waals surface area contributed by atoms with E-state index in [1.807, 2.05) is 11.3 Å². The van der Waals surface area contributed by atoms with Gasteiger partial charge in [0.1, 0.15) is 0 Å². The van der Waals surface area contributed by atoms with E-state index in [-0.39, 0.29) is 0 Å². The maximum Gasteiger partial charge on any atom is 0.0541 e. The van der Waals surface area contributed by atoms with E-state index in [0.717, 1.165) is 17.1 Å². The number of rotatable bonds is 6. The molecule has 0 N–H and O–H groups in total. The van der Waals surface area contributed by atoms with E-state index in [1.165, 1.54) is 69.9 Å². The number of aromatic nitrogens is 1. The largest absolute Gasteiger partial charge is 0.310 e. The summed E-state index contributed by atoms with van der Waals surface area (Å²) in [6.07, 6.45) is 0. The number of para-hydroxylation sites is 2. The molecule has 0 saturated heterocycles. The van der Waals surface area contributed by atoms with Gasteiger partial charge < -0.3 is 9.47 Å². The van der Waals surface area contributed by atoms with E-state index in [2.05, 4.69) is 204 Å². The molecule has 0 fully saturated rings. The van der Waals surface area contributed by atoms with Gasteiger partial charge in [-0.25, -0.2) is 0 Å². The molecule has 8 aromatic carbocycles. The molecular weight excluding hydrogens is 637 g/mol. The Balaban J connectivity index is 1.12. The second-order valence-electron chi connectivity index (χ2n) is 13.0. The van der Waals surface area contributed by atoms with Crippen LogP contribution >= 0.6 is 11.3 Å². The lowest BCUT2D eigenvalue weighted by Crippen LogP contribution is -2.09. The van der Waals surface area contributed by atoms with Gasteiger partial charge in [0.05, 0.1) is 11.0 Å². The van der Waals surface area contributed by atoms with Crippen LogP contribution in [0.25, 0.3) is 69.9 Å². The smallest absolute Gasteiger partial charge is 0.0541 e. The first-order valence-corrected chi connectivity index (χ1v) is 18.2. The second kappa shape index (κ2) is 12.2. The molecule has 0 spiro atoms. The van der Waals surface area contributed by atoms with E-state index >= 15 is 0 Å². The molecule has 10 rings (SSSR count). The van der Waals surface area contributed by atoms with E-state index in [0.29, 0.717) is 0 Å². The Hall–Kier alpha value is -6.42. The van der Waals surface area contributed by atoms with Crippen LogP contribution in [0.4, 0.5) is 17.1 Å². The Bertz CT molecular complexity index is 2690. The van der Waals surface area contributed by atoms with Gasteiger partial charge in [-0.15, -0.1) is 11.3 Å². The van der Waals surface area contributed by atoms with Gasteiger partial charge in [0.2, 0.25) is 0 Å². The number of benzene rings is 8. The maximum atomic E-state index is 2.41. The van der Waals surface area contributed by atoms with Crippen LogP contribution in [-0.2, 0) is 0 Å². The van der Waals surface area contributed by atoms with Gasteiger partial charge in [0, 0.05) is 53.7 Å². The molecule has 0 aliphatic heterocycles. The zero-order valence-corrected chi connectivity index (χ0v) is 28.6. The van der Waals surface area contributed by atoms with Crippen molar-refractivity contribution >= 4 is 70.4 Å². The van der Waals surface area contributed by atoms with Crippen molar-refractivity contribution in [3.8, 4) is 27.9 Å². The van der Waals surface area contributed by atoms with Gasteiger partial charge in [-0.05, 0) is 95.1 Å². The van der Waals surface area contributed by atoms with Crippen LogP contribution < -0.4 is 4.90 Å². The van der Waals surface area contributed by atoms with Crippen LogP contribution in [0.1, 0.15) is 0 Å². The molecule has 2 nitrogen and oxygen atoms in total. The molecule has 0 radical (unpaired) electrons. The summed E-state index contributed by atoms with van der Waals surface area (Å²) in [5, 5.41) is 5.09. The molecule has 0 aliphatic carbocycles. The van der Waals surface area contributed by atoms with Gasteiger partial charge in [0.25, 0.3) is 0 Å². The lowest BCUT2D eigenvalue weighted by atomic mass is 10.0. The quantitative estimate of drug-likeness (QED) is 0.171. The molecule has 0 bridgehead atoms. The van der Waals surface area contributed by atoms with E-state index < -0.39 is 0 Å². The SMILES string of the molecule is c1ccc(-c2ccc(N(c3ccc(-c4ccccc4)cc3)c3ccc4sc5ccc(-n6c7ccccc7c7ccccc76)cc5c4c3)cc2)cc1. The molecular formula is C48H32N2S. The van der Waals surface area contributed by atoms with Gasteiger partial charge >= 0.3 is 0 Å². The summed E-state index contributed by atoms with van der Waals surface area (Å²) < 4.78 is 4.98. The zero-order valence-electron chi connectivity index (χ0n) is 27.8. The number of anilines is 3. The Morgan fingerprint density at radius 1 is 0.333 bits per heavy atom. The number of thiophene rings is 1. The van der Waals surface area contributed by atoms with Crippen molar-refractivity contribution in [1.29, 1.82) is 0 Å². The molecule has 3 heteroatoms. The van der Waals surface area contributed by atoms with Crippen LogP contribution in [0, 0.1) is 0 Å². The molecule has 240 valence electrons. The van der Waals surface area contributed by atoms with E-state index in [1.54, 1.807) is 0 Å². The molecule has 0 amide bonds. The lowest BCUT2D eigenvalue weighted by molar-refractivity contribution is 1.19. The minimum absolute atomic E-state index is 1.12. The van der Waals surface area contributed by atoms with Gasteiger partial charge in [0.15, 0.2) is 0 Å². The van der Waals surface area contributed by atoms with Crippen LogP contribution in [0.5, 0.6) is 0 Å². The zero-order chi connectivity index (χ0) is 33.7. The van der Waals surface area contributed by atoms with Crippen molar-refractivity contribution in [2.24, 2.45) is 0 Å². The Labute approximate surface area is 300 Å². The van der Waals surface area contributed by atoms with Crippen molar-refractivity contribution in [2.45, 2.75) is 0 Å². The third-order valence-corrected chi connectivity index (χ3v) is 11.1. The summed E-state index contributed by atoms with van der Waals surface area (Å²) in [6, 6.07) is 70.4. The summed E-state index contributed by atoms with van der Waals surface area (Å²) in [6.45, 7) is 0. The van der Waals surface area contributed by atoms with Crippen LogP contribution in [0.2, 0.25) is 0 Å². The highest BCUT2D eigenvalue weighted by molar-refractivity contribution is 7.25. The third kappa shape index (κ3) is 5.10. The van der Waals surface area contributed by atoms with Crippen LogP contribution in [0.3, 0.4) is 0 Å². The number of hydrogen-bond donors (Lipinski definition) is 0. The fourth-order valence-corrected chi connectivity index (χ4v) is 8.61. The number of hydrogen-bond acceptors (Lipinski definition) is 2. The number of nitrogens with zero attached hydrogens (tertiary/aromatic N) is 2. The van der Waals surface area contributed by atoms with Gasteiger partial charge in [-0.3, -0.25) is 0 Å². The predicted molar refractivity (Wildman–Crippen MR) is 219 cm³/mol. The Morgan fingerprint density at radius 3 is 1.31 bits per heavy atom. The Kier molecular flexibility index (Phi) is 7.04. The summed E-state index contributed by atoms with van der Waals surface area (Å²) in [4.78, 5) is 2.38. The van der Waals surface area contributed by atoms with Gasteiger partial charge in [-0.1, -0.05) is 121 Å². The molecule has 0 saturated carbocycles. The molecule has 51 heavy (non-hydrogen) atoms. The molecule has 2 heterocycles. The number of fused-ring (bicyclic) bond motifs is 6. The van der Waals surface area contributed by atoms with Crippen LogP contribution in [-0.4, -0.2) is 4.57 Å². The minimum Gasteiger partial charge on any atom is -0.310 e. The summed E-state index contributed by atoms with van der Waals surface area (Å²) in [5.41, 5.74) is 11.8. The van der Waals surface area contributed by atoms with Crippen molar-refractivity contribution in [3.05, 3.63) is 194 Å². The topological polar surface area (TPSA) is 8.17 Å². The summed E-state index contributed by atoms with van der Waals surface area (Å²) >= 11 is 1.86. The second-order valence-corrected chi connectivity index (χ2v) is 14.1. The fraction of sp³-hybridized carbons (Fsp3) is 0. The standard InChI is InChI=1S/C48H32N2S/c1-3-11-33(12-4-1)35-19-23-37(24-20-35)49(38-25-21-36(22-26-38)34-13-5-2-6-14-34)39-27-29-47-43(31-39)44-32-40(28-30-48(44)51-47)50-45-17-9-7-15-41(45)42-16-8-10-18-46(42)50/h1-32H. The first-order valence-electron chi connectivity index (χ1n) is 17.3. The molecule has 0 atom stereocenters. The highest BCUT2D eigenvalue weighted by Crippen LogP contribution is 2.42. The highest BCUT2D eigenvalue weighted by Gasteiger charge is 2.17. The molecule has 0 unspecified atom stereocenters. The molecule has 10 aromatic rings. The minimum atomic E-state index is 1.12. The van der Waals surface area contributed by atoms with E-state index in [4.69, 9.17) is 0 Å². The summed E-state index contributed by atoms with van der Waals surface area (Å²) in [5.74, 6) is 0. The Morgan fingerprint density at radius 2 is 0.765 bits per heavy atom. The maximum absolute atomic E-state index is 2.41. The van der Waals surface area contributed by atoms with Crippen molar-refractivity contribution in [3.63, 3.8) is 0 Å². The van der Waals surface area contributed by atoms with Crippen molar-refractivity contribution in [2.75, 3.05) is 4.90 Å². The lowest BCUT2D eigenvalue weighted by Gasteiger charge is -2.26. The average molecular weight is 669 g/mol. The fourth-order valence-electron chi connectivity index (χ4n) is 7.55. The van der Waals surface area contributed by atoms with Crippen LogP contribution in [0.15, 0.2) is 194 Å². The normalized spacial score (nSPS) is 11.5. The van der Waals surface area contributed by atoms with Crippen molar-refractivity contribution < 1.29 is 0 Å². The van der Waals surface area contributed by atoms with Crippen molar-refractivity contribution in [1.82, 2.24) is 4.57 Å². The highest BCUT2D eigenvalue weighted by atomic mass is 32.1. The first-order chi connectivity index (χ1) is 25.3. The average Bonchev–Trinajstić information content (AvgIpc) is 3.74. The molecule has 0 aliphatic rings. The first kappa shape index (κ1) is 29.5. The predicted octanol–water partition coefficient (Wildman–Crippen LogP) is 14.0.